The van der Waals surface area contributed by atoms with Crippen LogP contribution < -0.4 is 9.64 Å². The molecule has 33 heavy (non-hydrogen) atoms. The lowest BCUT2D eigenvalue weighted by Crippen LogP contribution is -2.39. The van der Waals surface area contributed by atoms with E-state index in [1.165, 1.54) is 0 Å². The highest BCUT2D eigenvalue weighted by atomic mass is 16.5. The molecule has 0 amide bonds. The number of carbonyl (C=O) groups is 1. The second-order valence-electron chi connectivity index (χ2n) is 8.95. The molecule has 3 aromatic rings. The van der Waals surface area contributed by atoms with E-state index >= 15 is 0 Å². The summed E-state index contributed by atoms with van der Waals surface area (Å²) in [5.41, 5.74) is 2.75. The van der Waals surface area contributed by atoms with Crippen molar-refractivity contribution < 1.29 is 14.6 Å². The summed E-state index contributed by atoms with van der Waals surface area (Å²) >= 11 is 0. The molecule has 4 rings (SSSR count). The Balaban J connectivity index is 1.63. The fraction of sp³-hybridized carbons (Fsp3) is 0.480. The second kappa shape index (κ2) is 9.79. The minimum absolute atomic E-state index is 0.227. The molecule has 2 atom stereocenters. The van der Waals surface area contributed by atoms with Crippen LogP contribution in [0.25, 0.3) is 10.9 Å². The maximum absolute atomic E-state index is 12.0. The first-order valence-corrected chi connectivity index (χ1v) is 11.6. The number of pyridine rings is 1. The van der Waals surface area contributed by atoms with Gasteiger partial charge in [-0.15, -0.1) is 0 Å². The van der Waals surface area contributed by atoms with Crippen LogP contribution in [0.3, 0.4) is 0 Å². The van der Waals surface area contributed by atoms with E-state index < -0.39 is 11.9 Å². The molecule has 1 saturated heterocycles. The fourth-order valence-electron chi connectivity index (χ4n) is 4.71. The molecule has 8 heteroatoms. The Morgan fingerprint density at radius 2 is 1.91 bits per heavy atom. The predicted octanol–water partition coefficient (Wildman–Crippen LogP) is 3.99. The van der Waals surface area contributed by atoms with E-state index in [1.807, 2.05) is 41.3 Å². The smallest absolute Gasteiger partial charge is 0.308 e. The number of rotatable bonds is 7. The zero-order valence-corrected chi connectivity index (χ0v) is 19.8. The number of aromatic nitrogens is 3. The molecule has 3 heterocycles. The minimum Gasteiger partial charge on any atom is -0.494 e. The SMILES string of the molecule is COc1ccc2cccnc2c1N1CCCN(C(c2ccn(C(C)C)n2)C(C)C(=O)O)CC1. The number of methoxy groups -OCH3 is 1. The first kappa shape index (κ1) is 23.0. The van der Waals surface area contributed by atoms with Crippen molar-refractivity contribution in [1.29, 1.82) is 0 Å². The largest absolute Gasteiger partial charge is 0.494 e. The lowest BCUT2D eigenvalue weighted by molar-refractivity contribution is -0.143. The van der Waals surface area contributed by atoms with Gasteiger partial charge in [-0.05, 0) is 51.5 Å². The third-order valence-corrected chi connectivity index (χ3v) is 6.50. The van der Waals surface area contributed by atoms with Crippen LogP contribution in [0.5, 0.6) is 5.75 Å². The number of anilines is 1. The number of hydrogen-bond donors (Lipinski definition) is 1. The number of nitrogens with zero attached hydrogens (tertiary/aromatic N) is 5. The molecular weight excluding hydrogens is 418 g/mol. The monoisotopic (exact) mass is 451 g/mol. The van der Waals surface area contributed by atoms with Crippen LogP contribution in [0.15, 0.2) is 42.7 Å². The van der Waals surface area contributed by atoms with Crippen molar-refractivity contribution >= 4 is 22.6 Å². The van der Waals surface area contributed by atoms with E-state index in [9.17, 15) is 9.90 Å². The molecule has 1 fully saturated rings. The van der Waals surface area contributed by atoms with Crippen molar-refractivity contribution in [3.05, 3.63) is 48.4 Å². The Bertz CT molecular complexity index is 1110. The van der Waals surface area contributed by atoms with Crippen molar-refractivity contribution in [2.45, 2.75) is 39.3 Å². The second-order valence-corrected chi connectivity index (χ2v) is 8.95. The molecule has 2 aromatic heterocycles. The molecule has 0 bridgehead atoms. The lowest BCUT2D eigenvalue weighted by atomic mass is 9.97. The number of carboxylic acid groups (broad SMARTS) is 1. The lowest BCUT2D eigenvalue weighted by Gasteiger charge is -2.32. The van der Waals surface area contributed by atoms with Gasteiger partial charge in [0.05, 0.1) is 30.3 Å². The Morgan fingerprint density at radius 1 is 1.09 bits per heavy atom. The quantitative estimate of drug-likeness (QED) is 0.581. The van der Waals surface area contributed by atoms with Crippen LogP contribution in [-0.2, 0) is 4.79 Å². The van der Waals surface area contributed by atoms with Gasteiger partial charge in [0.25, 0.3) is 0 Å². The van der Waals surface area contributed by atoms with Crippen LogP contribution in [-0.4, -0.2) is 64.0 Å². The zero-order chi connectivity index (χ0) is 23.5. The summed E-state index contributed by atoms with van der Waals surface area (Å²) in [6.45, 7) is 9.04. The molecule has 1 aliphatic heterocycles. The minimum atomic E-state index is -0.805. The average Bonchev–Trinajstić information content (AvgIpc) is 3.18. The molecule has 0 spiro atoms. The van der Waals surface area contributed by atoms with Gasteiger partial charge < -0.3 is 14.7 Å². The fourth-order valence-corrected chi connectivity index (χ4v) is 4.71. The number of hydrogen-bond acceptors (Lipinski definition) is 6. The molecule has 0 saturated carbocycles. The Morgan fingerprint density at radius 3 is 2.61 bits per heavy atom. The topological polar surface area (TPSA) is 83.7 Å². The van der Waals surface area contributed by atoms with Crippen molar-refractivity contribution in [3.8, 4) is 5.75 Å². The summed E-state index contributed by atoms with van der Waals surface area (Å²) in [6, 6.07) is 9.94. The van der Waals surface area contributed by atoms with E-state index in [0.717, 1.165) is 60.6 Å². The van der Waals surface area contributed by atoms with E-state index in [-0.39, 0.29) is 12.1 Å². The Kier molecular flexibility index (Phi) is 6.83. The van der Waals surface area contributed by atoms with E-state index in [0.29, 0.717) is 0 Å². The highest BCUT2D eigenvalue weighted by Gasteiger charge is 2.34. The van der Waals surface area contributed by atoms with Gasteiger partial charge in [0.15, 0.2) is 0 Å². The van der Waals surface area contributed by atoms with Gasteiger partial charge in [0, 0.05) is 50.0 Å². The van der Waals surface area contributed by atoms with Crippen LogP contribution in [0.4, 0.5) is 5.69 Å². The maximum Gasteiger partial charge on any atom is 0.308 e. The third kappa shape index (κ3) is 4.66. The number of ether oxygens (including phenoxy) is 1. The van der Waals surface area contributed by atoms with Crippen LogP contribution in [0.2, 0.25) is 0 Å². The first-order chi connectivity index (χ1) is 15.9. The van der Waals surface area contributed by atoms with Gasteiger partial charge in [-0.1, -0.05) is 6.07 Å². The van der Waals surface area contributed by atoms with Crippen molar-refractivity contribution in [3.63, 3.8) is 0 Å². The van der Waals surface area contributed by atoms with E-state index in [1.54, 1.807) is 14.0 Å². The van der Waals surface area contributed by atoms with Gasteiger partial charge in [-0.3, -0.25) is 19.4 Å². The maximum atomic E-state index is 12.0. The number of aliphatic carboxylic acids is 1. The van der Waals surface area contributed by atoms with Gasteiger partial charge >= 0.3 is 5.97 Å². The molecular formula is C25H33N5O3. The summed E-state index contributed by atoms with van der Waals surface area (Å²) in [7, 11) is 1.69. The third-order valence-electron chi connectivity index (χ3n) is 6.50. The number of carboxylic acids is 1. The van der Waals surface area contributed by atoms with Crippen molar-refractivity contribution in [2.75, 3.05) is 38.2 Å². The highest BCUT2D eigenvalue weighted by molar-refractivity contribution is 5.94. The van der Waals surface area contributed by atoms with Crippen molar-refractivity contribution in [1.82, 2.24) is 19.7 Å². The molecule has 1 aliphatic rings. The summed E-state index contributed by atoms with van der Waals surface area (Å²) in [5.74, 6) is -0.568. The Hall–Kier alpha value is -3.13. The van der Waals surface area contributed by atoms with Gasteiger partial charge in [0.1, 0.15) is 11.4 Å². The molecule has 0 radical (unpaired) electrons. The van der Waals surface area contributed by atoms with Crippen molar-refractivity contribution in [2.24, 2.45) is 5.92 Å². The molecule has 176 valence electrons. The Labute approximate surface area is 194 Å². The molecule has 1 aromatic carbocycles. The van der Waals surface area contributed by atoms with E-state index in [2.05, 4.69) is 34.7 Å². The highest BCUT2D eigenvalue weighted by Crippen LogP contribution is 2.37. The molecule has 2 unspecified atom stereocenters. The van der Waals surface area contributed by atoms with Gasteiger partial charge in [-0.2, -0.15) is 5.10 Å². The average molecular weight is 452 g/mol. The molecule has 8 nitrogen and oxygen atoms in total. The number of fused-ring (bicyclic) bond motifs is 1. The van der Waals surface area contributed by atoms with Gasteiger partial charge in [-0.25, -0.2) is 0 Å². The standard InChI is InChI=1S/C25H33N5O3/c1-17(2)30-14-10-20(27-30)23(18(3)25(31)32)28-12-6-13-29(16-15-28)24-21(33-4)9-8-19-7-5-11-26-22(19)24/h5,7-11,14,17-18,23H,6,12-13,15-16H2,1-4H3,(H,31,32). The van der Waals surface area contributed by atoms with Crippen LogP contribution in [0.1, 0.15) is 45.0 Å². The summed E-state index contributed by atoms with van der Waals surface area (Å²) < 4.78 is 7.60. The normalized spacial score (nSPS) is 17.2. The summed E-state index contributed by atoms with van der Waals surface area (Å²) in [5, 5.41) is 15.7. The molecule has 1 N–H and O–H groups in total. The first-order valence-electron chi connectivity index (χ1n) is 11.6. The van der Waals surface area contributed by atoms with E-state index in [4.69, 9.17) is 9.84 Å². The molecule has 0 aliphatic carbocycles. The zero-order valence-electron chi connectivity index (χ0n) is 19.8. The van der Waals surface area contributed by atoms with Gasteiger partial charge in [0.2, 0.25) is 0 Å². The predicted molar refractivity (Wildman–Crippen MR) is 129 cm³/mol. The van der Waals surface area contributed by atoms with Crippen LogP contribution in [0, 0.1) is 5.92 Å². The summed E-state index contributed by atoms with van der Waals surface area (Å²) in [4.78, 5) is 21.2. The summed E-state index contributed by atoms with van der Waals surface area (Å²) in [6.07, 6.45) is 4.66. The number of benzene rings is 1. The van der Waals surface area contributed by atoms with Crippen LogP contribution >= 0.6 is 0 Å².